The molecule has 0 aliphatic rings. The molecule has 0 aliphatic carbocycles. The smallest absolute Gasteiger partial charge is 0.294 e. The molecule has 4 nitrogen and oxygen atoms in total. The Morgan fingerprint density at radius 2 is 2.25 bits per heavy atom. The summed E-state index contributed by atoms with van der Waals surface area (Å²) in [5.41, 5.74) is 0. The number of aromatic nitrogens is 2. The Hall–Kier alpha value is -0.940. The second-order valence-electron chi connectivity index (χ2n) is 3.87. The Kier molecular flexibility index (Phi) is 6.03. The van der Waals surface area contributed by atoms with Crippen LogP contribution in [0.15, 0.2) is 12.2 Å². The molecular weight excluding hydrogens is 222 g/mol. The fourth-order valence-electron chi connectivity index (χ4n) is 1.05. The van der Waals surface area contributed by atoms with Crippen LogP contribution < -0.4 is 10.1 Å². The molecule has 0 aromatic carbocycles. The molecule has 0 spiro atoms. The van der Waals surface area contributed by atoms with E-state index in [4.69, 9.17) is 4.74 Å². The Balaban J connectivity index is 2.28. The number of nitrogens with zero attached hydrogens (tertiary/aromatic N) is 2. The van der Waals surface area contributed by atoms with Crippen molar-refractivity contribution in [2.45, 2.75) is 27.3 Å². The maximum absolute atomic E-state index is 5.38. The van der Waals surface area contributed by atoms with Gasteiger partial charge in [-0.2, -0.15) is 0 Å². The molecule has 16 heavy (non-hydrogen) atoms. The van der Waals surface area contributed by atoms with Crippen LogP contribution in [0.4, 0.5) is 0 Å². The number of nitrogens with one attached hydrogen (secondary N) is 1. The van der Waals surface area contributed by atoms with Gasteiger partial charge in [-0.25, -0.2) is 0 Å². The minimum Gasteiger partial charge on any atom is -0.465 e. The average molecular weight is 241 g/mol. The Bertz CT molecular complexity index is 323. The van der Waals surface area contributed by atoms with Gasteiger partial charge in [0.05, 0.1) is 0 Å². The number of ether oxygens (including phenoxy) is 1. The Morgan fingerprint density at radius 1 is 1.44 bits per heavy atom. The lowest BCUT2D eigenvalue weighted by molar-refractivity contribution is 0.357. The van der Waals surface area contributed by atoms with Gasteiger partial charge < -0.3 is 10.1 Å². The minimum atomic E-state index is 0.560. The van der Waals surface area contributed by atoms with Crippen molar-refractivity contribution in [1.82, 2.24) is 15.5 Å². The summed E-state index contributed by atoms with van der Waals surface area (Å²) < 4.78 is 5.38. The van der Waals surface area contributed by atoms with Crippen molar-refractivity contribution >= 4 is 11.3 Å². The molecule has 0 atom stereocenters. The normalized spacial score (nSPS) is 11.5. The first kappa shape index (κ1) is 13.1. The Morgan fingerprint density at radius 3 is 2.94 bits per heavy atom. The van der Waals surface area contributed by atoms with Crippen LogP contribution in [0.5, 0.6) is 5.19 Å². The zero-order valence-corrected chi connectivity index (χ0v) is 10.9. The van der Waals surface area contributed by atoms with Crippen LogP contribution in [0.2, 0.25) is 0 Å². The molecule has 0 bridgehead atoms. The molecule has 0 saturated heterocycles. The molecule has 5 heteroatoms. The van der Waals surface area contributed by atoms with Gasteiger partial charge in [0.2, 0.25) is 0 Å². The first-order valence-electron chi connectivity index (χ1n) is 5.49. The van der Waals surface area contributed by atoms with Crippen LogP contribution in [0, 0.1) is 5.92 Å². The van der Waals surface area contributed by atoms with Crippen LogP contribution in [-0.2, 0) is 6.54 Å². The molecule has 0 saturated carbocycles. The van der Waals surface area contributed by atoms with E-state index in [1.807, 2.05) is 19.1 Å². The summed E-state index contributed by atoms with van der Waals surface area (Å²) in [6, 6.07) is 0. The molecule has 1 rings (SSSR count). The lowest BCUT2D eigenvalue weighted by atomic mass is 10.2. The topological polar surface area (TPSA) is 47.0 Å². The third-order valence-electron chi connectivity index (χ3n) is 1.82. The highest BCUT2D eigenvalue weighted by molar-refractivity contribution is 7.13. The van der Waals surface area contributed by atoms with Crippen LogP contribution in [0.25, 0.3) is 0 Å². The second-order valence-corrected chi connectivity index (χ2v) is 4.89. The van der Waals surface area contributed by atoms with E-state index < -0.39 is 0 Å². The van der Waals surface area contributed by atoms with E-state index in [1.54, 1.807) is 0 Å². The third-order valence-corrected chi connectivity index (χ3v) is 2.65. The van der Waals surface area contributed by atoms with Gasteiger partial charge in [-0.05, 0) is 19.4 Å². The third kappa shape index (κ3) is 5.23. The van der Waals surface area contributed by atoms with Crippen molar-refractivity contribution in [2.24, 2.45) is 5.92 Å². The molecule has 0 aliphatic heterocycles. The molecule has 0 unspecified atom stereocenters. The highest BCUT2D eigenvalue weighted by Gasteiger charge is 2.04. The van der Waals surface area contributed by atoms with Gasteiger partial charge in [-0.1, -0.05) is 42.4 Å². The van der Waals surface area contributed by atoms with Gasteiger partial charge in [0, 0.05) is 6.54 Å². The number of allylic oxidation sites excluding steroid dienone is 1. The molecule has 1 aromatic rings. The summed E-state index contributed by atoms with van der Waals surface area (Å²) in [4.78, 5) is 0. The summed E-state index contributed by atoms with van der Waals surface area (Å²) in [5.74, 6) is 0.651. The summed E-state index contributed by atoms with van der Waals surface area (Å²) in [7, 11) is 0. The summed E-state index contributed by atoms with van der Waals surface area (Å²) >= 11 is 1.49. The van der Waals surface area contributed by atoms with E-state index in [0.717, 1.165) is 18.1 Å². The zero-order chi connectivity index (χ0) is 11.8. The van der Waals surface area contributed by atoms with Crippen molar-refractivity contribution in [3.05, 3.63) is 17.2 Å². The van der Waals surface area contributed by atoms with Gasteiger partial charge in [-0.3, -0.25) is 0 Å². The zero-order valence-electron chi connectivity index (χ0n) is 10.1. The first-order chi connectivity index (χ1) is 7.72. The van der Waals surface area contributed by atoms with Crippen molar-refractivity contribution in [3.63, 3.8) is 0 Å². The minimum absolute atomic E-state index is 0.560. The van der Waals surface area contributed by atoms with Gasteiger partial charge in [0.15, 0.2) is 0 Å². The van der Waals surface area contributed by atoms with Crippen molar-refractivity contribution in [3.8, 4) is 5.19 Å². The van der Waals surface area contributed by atoms with Crippen molar-refractivity contribution in [2.75, 3.05) is 13.2 Å². The van der Waals surface area contributed by atoms with E-state index in [1.165, 1.54) is 11.3 Å². The van der Waals surface area contributed by atoms with E-state index in [9.17, 15) is 0 Å². The fourth-order valence-corrected chi connectivity index (χ4v) is 1.72. The second kappa shape index (κ2) is 7.35. The molecule has 1 N–H and O–H groups in total. The van der Waals surface area contributed by atoms with E-state index in [2.05, 4.69) is 29.4 Å². The largest absolute Gasteiger partial charge is 0.465 e. The highest BCUT2D eigenvalue weighted by Crippen LogP contribution is 2.17. The molecule has 90 valence electrons. The summed E-state index contributed by atoms with van der Waals surface area (Å²) in [6.07, 6.45) is 3.89. The van der Waals surface area contributed by atoms with Crippen molar-refractivity contribution < 1.29 is 4.74 Å². The van der Waals surface area contributed by atoms with E-state index in [-0.39, 0.29) is 0 Å². The fraction of sp³-hybridized carbons (Fsp3) is 0.636. The molecule has 0 amide bonds. The molecular formula is C11H19N3OS. The van der Waals surface area contributed by atoms with Crippen LogP contribution in [0.1, 0.15) is 25.8 Å². The van der Waals surface area contributed by atoms with E-state index in [0.29, 0.717) is 17.7 Å². The van der Waals surface area contributed by atoms with Crippen LogP contribution in [-0.4, -0.2) is 23.3 Å². The standard InChI is InChI=1S/C11H19N3OS/c1-4-5-6-15-11-14-13-10(16-11)8-12-7-9(2)3/h4-5,9,12H,6-8H2,1-3H3/b5-4+. The molecule has 1 heterocycles. The van der Waals surface area contributed by atoms with Crippen LogP contribution >= 0.6 is 11.3 Å². The quantitative estimate of drug-likeness (QED) is 0.744. The number of hydrogen-bond acceptors (Lipinski definition) is 5. The lowest BCUT2D eigenvalue weighted by Gasteiger charge is -2.03. The van der Waals surface area contributed by atoms with Gasteiger partial charge in [-0.15, -0.1) is 5.10 Å². The predicted molar refractivity (Wildman–Crippen MR) is 66.8 cm³/mol. The number of hydrogen-bond donors (Lipinski definition) is 1. The average Bonchev–Trinajstić information content (AvgIpc) is 2.66. The summed E-state index contributed by atoms with van der Waals surface area (Å²) in [5, 5.41) is 12.9. The molecule has 0 radical (unpaired) electrons. The van der Waals surface area contributed by atoms with Gasteiger partial charge in [0.1, 0.15) is 11.6 Å². The Labute approximate surface area is 101 Å². The van der Waals surface area contributed by atoms with Gasteiger partial charge in [0.25, 0.3) is 5.19 Å². The maximum atomic E-state index is 5.38. The lowest BCUT2D eigenvalue weighted by Crippen LogP contribution is -2.18. The monoisotopic (exact) mass is 241 g/mol. The van der Waals surface area contributed by atoms with Gasteiger partial charge >= 0.3 is 0 Å². The highest BCUT2D eigenvalue weighted by atomic mass is 32.1. The first-order valence-corrected chi connectivity index (χ1v) is 6.31. The van der Waals surface area contributed by atoms with Crippen LogP contribution in [0.3, 0.4) is 0 Å². The summed E-state index contributed by atoms with van der Waals surface area (Å²) in [6.45, 7) is 8.64. The SMILES string of the molecule is C/C=C/COc1nnc(CNCC(C)C)s1. The molecule has 1 aromatic heterocycles. The molecule has 0 fully saturated rings. The van der Waals surface area contributed by atoms with Crippen molar-refractivity contribution in [1.29, 1.82) is 0 Å². The number of rotatable bonds is 7. The predicted octanol–water partition coefficient (Wildman–Crippen LogP) is 2.24. The maximum Gasteiger partial charge on any atom is 0.294 e. The van der Waals surface area contributed by atoms with E-state index >= 15 is 0 Å².